The summed E-state index contributed by atoms with van der Waals surface area (Å²) in [5, 5.41) is 31.9. The predicted molar refractivity (Wildman–Crippen MR) is 158 cm³/mol. The summed E-state index contributed by atoms with van der Waals surface area (Å²) >= 11 is 6.67. The second-order valence-corrected chi connectivity index (χ2v) is 11.4. The number of aromatic nitrogens is 1. The molecule has 4 N–H and O–H groups in total. The molecule has 1 aliphatic rings. The summed E-state index contributed by atoms with van der Waals surface area (Å²) in [4.78, 5) is 14.1. The normalized spacial score (nSPS) is 16.4. The van der Waals surface area contributed by atoms with Gasteiger partial charge >= 0.3 is 5.97 Å². The van der Waals surface area contributed by atoms with E-state index in [0.717, 1.165) is 36.1 Å². The maximum Gasteiger partial charge on any atom is 0.335 e. The Bertz CT molecular complexity index is 1650. The van der Waals surface area contributed by atoms with Crippen LogP contribution < -0.4 is 4.99 Å². The number of aromatic hydroxyl groups is 2. The Balaban J connectivity index is 1.46. The van der Waals surface area contributed by atoms with Gasteiger partial charge in [0.2, 0.25) is 11.6 Å². The second-order valence-electron chi connectivity index (χ2n) is 10.5. The van der Waals surface area contributed by atoms with Crippen LogP contribution in [0.2, 0.25) is 0 Å². The molecular formula is C33H32ClN2O4+. The number of aromatic carboxylic acids is 1. The Kier molecular flexibility index (Phi) is 7.55. The highest BCUT2D eigenvalue weighted by Crippen LogP contribution is 2.39. The first-order valence-corrected chi connectivity index (χ1v) is 13.7. The molecule has 0 saturated heterocycles. The van der Waals surface area contributed by atoms with Crippen LogP contribution in [-0.2, 0) is 19.3 Å². The molecule has 1 aliphatic carbocycles. The first-order valence-electron chi connectivity index (χ1n) is 13.3. The number of rotatable bonds is 8. The van der Waals surface area contributed by atoms with Crippen molar-refractivity contribution in [3.05, 3.63) is 112 Å². The molecule has 1 atom stereocenters. The number of fused-ring (bicyclic) bond motifs is 1. The number of nitrogens with one attached hydrogen (secondary N) is 1. The van der Waals surface area contributed by atoms with E-state index in [-0.39, 0.29) is 17.2 Å². The van der Waals surface area contributed by atoms with E-state index in [4.69, 9.17) is 11.6 Å². The molecule has 1 aromatic heterocycles. The van der Waals surface area contributed by atoms with Crippen LogP contribution in [0.4, 0.5) is 5.69 Å². The van der Waals surface area contributed by atoms with Gasteiger partial charge in [0, 0.05) is 35.0 Å². The molecule has 0 saturated carbocycles. The van der Waals surface area contributed by atoms with E-state index in [1.165, 1.54) is 23.3 Å². The van der Waals surface area contributed by atoms with Gasteiger partial charge in [-0.3, -0.25) is 4.57 Å². The lowest BCUT2D eigenvalue weighted by Crippen LogP contribution is -2.61. The molecule has 7 heteroatoms. The van der Waals surface area contributed by atoms with E-state index in [9.17, 15) is 20.1 Å². The smallest absolute Gasteiger partial charge is 0.335 e. The number of phenolic OH excluding ortho intramolecular Hbond substituents is 1. The zero-order chi connectivity index (χ0) is 28.4. The van der Waals surface area contributed by atoms with Gasteiger partial charge in [-0.2, -0.15) is 0 Å². The molecule has 3 aromatic carbocycles. The molecule has 1 unspecified atom stereocenters. The Morgan fingerprint density at radius 1 is 1.07 bits per heavy atom. The molecule has 6 nitrogen and oxygen atoms in total. The van der Waals surface area contributed by atoms with E-state index >= 15 is 0 Å². The van der Waals surface area contributed by atoms with E-state index in [2.05, 4.69) is 36.2 Å². The molecule has 0 radical (unpaired) electrons. The van der Waals surface area contributed by atoms with Gasteiger partial charge in [0.15, 0.2) is 12.0 Å². The number of allylic oxidation sites excluding steroid dienone is 1. The van der Waals surface area contributed by atoms with Gasteiger partial charge in [-0.1, -0.05) is 60.2 Å². The van der Waals surface area contributed by atoms with E-state index < -0.39 is 10.8 Å². The van der Waals surface area contributed by atoms with Crippen LogP contribution in [0.3, 0.4) is 0 Å². The van der Waals surface area contributed by atoms with Crippen molar-refractivity contribution >= 4 is 35.5 Å². The molecule has 40 heavy (non-hydrogen) atoms. The number of hydrogen-bond acceptors (Lipinski definition) is 3. The maximum atomic E-state index is 11.6. The van der Waals surface area contributed by atoms with E-state index in [0.29, 0.717) is 23.4 Å². The Labute approximate surface area is 238 Å². The number of carboxylic acid groups (broad SMARTS) is 1. The highest BCUT2D eigenvalue weighted by molar-refractivity contribution is 6.25. The van der Waals surface area contributed by atoms with Crippen LogP contribution in [0, 0.1) is 6.92 Å². The van der Waals surface area contributed by atoms with Gasteiger partial charge < -0.3 is 15.3 Å². The van der Waals surface area contributed by atoms with Crippen LogP contribution in [0.1, 0.15) is 57.2 Å². The topological polar surface area (TPSA) is 96.7 Å². The van der Waals surface area contributed by atoms with Gasteiger partial charge in [-0.25, -0.2) is 9.79 Å². The summed E-state index contributed by atoms with van der Waals surface area (Å²) in [5.74, 6) is -0.922. The number of carbonyl (C=O) groups is 1. The molecule has 0 bridgehead atoms. The highest BCUT2D eigenvalue weighted by Gasteiger charge is 2.32. The van der Waals surface area contributed by atoms with Crippen molar-refractivity contribution in [2.75, 3.05) is 0 Å². The zero-order valence-corrected chi connectivity index (χ0v) is 23.2. The van der Waals surface area contributed by atoms with Crippen LogP contribution in [0.25, 0.3) is 11.8 Å². The fraction of sp³-hybridized carbons (Fsp3) is 0.212. The van der Waals surface area contributed by atoms with Gasteiger partial charge in [0.05, 0.1) is 10.4 Å². The van der Waals surface area contributed by atoms with Crippen molar-refractivity contribution in [1.29, 1.82) is 0 Å². The number of nitrogens with zero attached hydrogens (tertiary/aromatic N) is 1. The second kappa shape index (κ2) is 11.1. The Hall–Kier alpha value is -4.29. The van der Waals surface area contributed by atoms with Crippen molar-refractivity contribution in [3.63, 3.8) is 0 Å². The van der Waals surface area contributed by atoms with Crippen molar-refractivity contribution in [2.45, 2.75) is 44.4 Å². The fourth-order valence-electron chi connectivity index (χ4n) is 5.26. The third kappa shape index (κ3) is 5.68. The van der Waals surface area contributed by atoms with Crippen LogP contribution in [-0.4, -0.2) is 36.9 Å². The van der Waals surface area contributed by atoms with Gasteiger partial charge in [0.1, 0.15) is 5.56 Å². The number of aryl methyl sites for hydroxylation is 3. The quantitative estimate of drug-likeness (QED) is 0.132. The fourth-order valence-corrected chi connectivity index (χ4v) is 5.45. The molecule has 0 spiro atoms. The average molecular weight is 556 g/mol. The molecule has 0 fully saturated rings. The van der Waals surface area contributed by atoms with Crippen molar-refractivity contribution in [1.82, 2.24) is 4.57 Å². The first-order chi connectivity index (χ1) is 19.1. The van der Waals surface area contributed by atoms with Crippen LogP contribution in [0.5, 0.6) is 11.6 Å². The van der Waals surface area contributed by atoms with E-state index in [1.54, 1.807) is 29.0 Å². The number of hydrogen-bond donors (Lipinski definition) is 4. The molecule has 1 heterocycles. The minimum atomic E-state index is -1.05. The molecular weight excluding hydrogens is 524 g/mol. The summed E-state index contributed by atoms with van der Waals surface area (Å²) in [7, 11) is 0. The van der Waals surface area contributed by atoms with Crippen molar-refractivity contribution in [3.8, 4) is 17.3 Å². The number of halogens is 1. The summed E-state index contributed by atoms with van der Waals surface area (Å²) < 4.78 is 1.64. The zero-order valence-electron chi connectivity index (χ0n) is 22.5. The van der Waals surface area contributed by atoms with Crippen molar-refractivity contribution < 1.29 is 25.1 Å². The predicted octanol–water partition coefficient (Wildman–Crippen LogP) is 5.47. The summed E-state index contributed by atoms with van der Waals surface area (Å²) in [6, 6.07) is 20.5. The Morgan fingerprint density at radius 2 is 1.85 bits per heavy atom. The minimum Gasteiger partial charge on any atom is -0.502 e. The number of para-hydroxylation sites is 1. The lowest BCUT2D eigenvalue weighted by Gasteiger charge is -2.23. The number of carboxylic acids is 1. The van der Waals surface area contributed by atoms with E-state index in [1.807, 2.05) is 31.2 Å². The largest absolute Gasteiger partial charge is 0.502 e. The average Bonchev–Trinajstić information content (AvgIpc) is 3.18. The number of benzene rings is 3. The maximum absolute atomic E-state index is 11.6. The molecule has 4 aromatic rings. The molecule has 204 valence electrons. The first kappa shape index (κ1) is 27.3. The van der Waals surface area contributed by atoms with Gasteiger partial charge in [-0.15, -0.1) is 11.6 Å². The van der Waals surface area contributed by atoms with Crippen LogP contribution >= 0.6 is 11.6 Å². The summed E-state index contributed by atoms with van der Waals surface area (Å²) in [6.07, 6.45) is 8.41. The third-order valence-electron chi connectivity index (χ3n) is 7.27. The lowest BCUT2D eigenvalue weighted by molar-refractivity contribution is -0.348. The van der Waals surface area contributed by atoms with Gasteiger partial charge in [0.25, 0.3) is 0 Å². The standard InChI is InChI=1S/C33H31ClN2O4/c1-21-7-3-8-22(17-21)9-4-10-23-11-6-14-28(30(23)37)35-20-27-26-15-16-33(2,34)19-29(26)36(31(27)38)25-13-5-12-24(18-25)32(39)40/h3,5-8,11-18,20,37-38H,4,9-10,19H2,1-2H3,(H,39,40)/p+1. The number of phenols is 1. The SMILES string of the molecule is Cc1cccc(CCCc2cccc([NH+]=Cc3c4c(n(-c5cccc(C(=O)O)c5)c3O)CC(C)(Cl)C=C4)c2O)c1. The number of alkyl halides is 1. The van der Waals surface area contributed by atoms with Gasteiger partial charge in [-0.05, 0) is 56.9 Å². The van der Waals surface area contributed by atoms with Crippen LogP contribution in [0.15, 0.2) is 72.8 Å². The summed E-state index contributed by atoms with van der Waals surface area (Å²) in [6.45, 7) is 3.97. The van der Waals surface area contributed by atoms with Crippen molar-refractivity contribution in [2.24, 2.45) is 0 Å². The molecule has 0 aliphatic heterocycles. The molecule has 0 amide bonds. The Morgan fingerprint density at radius 3 is 2.62 bits per heavy atom. The third-order valence-corrected chi connectivity index (χ3v) is 7.53. The monoisotopic (exact) mass is 555 g/mol. The lowest BCUT2D eigenvalue weighted by atomic mass is 9.93. The molecule has 5 rings (SSSR count). The highest BCUT2D eigenvalue weighted by atomic mass is 35.5. The minimum absolute atomic E-state index is 0.0483. The summed E-state index contributed by atoms with van der Waals surface area (Å²) in [5.41, 5.74) is 6.59.